The molecule has 0 bridgehead atoms. The van der Waals surface area contributed by atoms with Crippen LogP contribution in [0.3, 0.4) is 0 Å². The fraction of sp³-hybridized carbons (Fsp3) is 0.300. The predicted octanol–water partition coefficient (Wildman–Crippen LogP) is 2.49. The van der Waals surface area contributed by atoms with Gasteiger partial charge in [0, 0.05) is 37.5 Å². The number of para-hydroxylation sites is 1. The first-order valence-electron chi connectivity index (χ1n) is 8.73. The van der Waals surface area contributed by atoms with Gasteiger partial charge in [-0.05, 0) is 24.6 Å². The maximum absolute atomic E-state index is 12.3. The Morgan fingerprint density at radius 1 is 1.23 bits per heavy atom. The minimum absolute atomic E-state index is 0.0527. The number of hydrogen-bond acceptors (Lipinski definition) is 5. The summed E-state index contributed by atoms with van der Waals surface area (Å²) in [5.74, 6) is 1.57. The minimum atomic E-state index is -0.0527. The molecular weight excluding hydrogens is 330 g/mol. The van der Waals surface area contributed by atoms with Gasteiger partial charge in [0.25, 0.3) is 5.56 Å². The molecule has 0 saturated carbocycles. The Balaban J connectivity index is 1.63. The molecule has 0 amide bonds. The number of fused-ring (bicyclic) bond motifs is 2. The van der Waals surface area contributed by atoms with Gasteiger partial charge < -0.3 is 9.47 Å². The molecule has 0 saturated heterocycles. The lowest BCUT2D eigenvalue weighted by molar-refractivity contribution is 0.194. The van der Waals surface area contributed by atoms with Crippen LogP contribution in [0.2, 0.25) is 0 Å². The lowest BCUT2D eigenvalue weighted by atomic mass is 10.1. The highest BCUT2D eigenvalue weighted by Crippen LogP contribution is 2.33. The molecule has 1 aliphatic heterocycles. The second-order valence-corrected chi connectivity index (χ2v) is 6.38. The average Bonchev–Trinajstić information content (AvgIpc) is 2.63. The quantitative estimate of drug-likeness (QED) is 0.726. The molecule has 6 heteroatoms. The monoisotopic (exact) mass is 351 g/mol. The normalized spacial score (nSPS) is 15.0. The van der Waals surface area contributed by atoms with Crippen molar-refractivity contribution in [1.82, 2.24) is 14.3 Å². The van der Waals surface area contributed by atoms with E-state index in [-0.39, 0.29) is 5.56 Å². The molecule has 2 aromatic heterocycles. The van der Waals surface area contributed by atoms with Gasteiger partial charge in [-0.25, -0.2) is 4.98 Å². The Morgan fingerprint density at radius 2 is 2.15 bits per heavy atom. The average molecular weight is 351 g/mol. The van der Waals surface area contributed by atoms with E-state index in [9.17, 15) is 4.79 Å². The van der Waals surface area contributed by atoms with Crippen molar-refractivity contribution in [3.05, 3.63) is 70.3 Å². The van der Waals surface area contributed by atoms with Crippen molar-refractivity contribution >= 4 is 5.65 Å². The molecule has 4 rings (SSSR count). The largest absolute Gasteiger partial charge is 0.493 e. The molecular formula is C20H21N3O3. The topological polar surface area (TPSA) is 56.1 Å². The molecule has 0 spiro atoms. The molecule has 1 aromatic carbocycles. The number of nitrogens with zero attached hydrogens (tertiary/aromatic N) is 3. The smallest absolute Gasteiger partial charge is 0.258 e. The number of hydrogen-bond donors (Lipinski definition) is 0. The Kier molecular flexibility index (Phi) is 4.58. The predicted molar refractivity (Wildman–Crippen MR) is 98.7 cm³/mol. The third kappa shape index (κ3) is 3.28. The molecule has 0 N–H and O–H groups in total. The first kappa shape index (κ1) is 16.6. The number of rotatable bonds is 3. The third-order valence-electron chi connectivity index (χ3n) is 4.55. The fourth-order valence-electron chi connectivity index (χ4n) is 3.34. The van der Waals surface area contributed by atoms with Crippen LogP contribution in [-0.2, 0) is 13.1 Å². The van der Waals surface area contributed by atoms with Crippen LogP contribution in [0.4, 0.5) is 0 Å². The summed E-state index contributed by atoms with van der Waals surface area (Å²) >= 11 is 0. The molecule has 3 aromatic rings. The SMILES string of the molecule is COc1cccc2c1OCCCN(Cc1cc(=O)n3ccccc3n1)C2. The summed E-state index contributed by atoms with van der Waals surface area (Å²) in [6, 6.07) is 13.1. The van der Waals surface area contributed by atoms with E-state index >= 15 is 0 Å². The third-order valence-corrected chi connectivity index (χ3v) is 4.55. The maximum Gasteiger partial charge on any atom is 0.258 e. The molecule has 134 valence electrons. The molecule has 26 heavy (non-hydrogen) atoms. The summed E-state index contributed by atoms with van der Waals surface area (Å²) < 4.78 is 12.9. The molecule has 0 atom stereocenters. The van der Waals surface area contributed by atoms with Crippen molar-refractivity contribution in [2.75, 3.05) is 20.3 Å². The van der Waals surface area contributed by atoms with Gasteiger partial charge in [-0.2, -0.15) is 0 Å². The van der Waals surface area contributed by atoms with Gasteiger partial charge in [-0.3, -0.25) is 14.1 Å². The molecule has 0 radical (unpaired) electrons. The van der Waals surface area contributed by atoms with E-state index in [1.165, 1.54) is 0 Å². The second-order valence-electron chi connectivity index (χ2n) is 6.38. The summed E-state index contributed by atoms with van der Waals surface area (Å²) in [5, 5.41) is 0. The van der Waals surface area contributed by atoms with Crippen molar-refractivity contribution in [3.8, 4) is 11.5 Å². The van der Waals surface area contributed by atoms with Gasteiger partial charge in [0.2, 0.25) is 0 Å². The zero-order valence-corrected chi connectivity index (χ0v) is 14.7. The first-order valence-corrected chi connectivity index (χ1v) is 8.73. The van der Waals surface area contributed by atoms with Gasteiger partial charge in [0.15, 0.2) is 11.5 Å². The molecule has 0 unspecified atom stereocenters. The summed E-state index contributed by atoms with van der Waals surface area (Å²) in [4.78, 5) is 19.2. The van der Waals surface area contributed by atoms with E-state index in [0.29, 0.717) is 18.8 Å². The van der Waals surface area contributed by atoms with E-state index in [4.69, 9.17) is 9.47 Å². The summed E-state index contributed by atoms with van der Waals surface area (Å²) in [5.41, 5.74) is 2.49. The standard InChI is InChI=1S/C20H21N3O3/c1-25-17-7-4-6-15-13-22(9-5-11-26-20(15)17)14-16-12-19(24)23-10-3-2-8-18(23)21-16/h2-4,6-8,10,12H,5,9,11,13-14H2,1H3. The molecule has 0 fully saturated rings. The Morgan fingerprint density at radius 3 is 3.04 bits per heavy atom. The molecule has 3 heterocycles. The van der Waals surface area contributed by atoms with Crippen LogP contribution in [0, 0.1) is 0 Å². The first-order chi connectivity index (χ1) is 12.7. The van der Waals surface area contributed by atoms with Crippen molar-refractivity contribution in [2.45, 2.75) is 19.5 Å². The minimum Gasteiger partial charge on any atom is -0.493 e. The van der Waals surface area contributed by atoms with E-state index in [1.807, 2.05) is 30.3 Å². The van der Waals surface area contributed by atoms with Crippen LogP contribution < -0.4 is 15.0 Å². The number of ether oxygens (including phenoxy) is 2. The number of methoxy groups -OCH3 is 1. The number of aromatic nitrogens is 2. The van der Waals surface area contributed by atoms with Crippen LogP contribution in [0.5, 0.6) is 11.5 Å². The summed E-state index contributed by atoms with van der Waals surface area (Å²) in [6.45, 7) is 2.86. The highest BCUT2D eigenvalue weighted by molar-refractivity contribution is 5.46. The van der Waals surface area contributed by atoms with Crippen LogP contribution in [0.25, 0.3) is 5.65 Å². The van der Waals surface area contributed by atoms with E-state index in [1.54, 1.807) is 23.8 Å². The van der Waals surface area contributed by atoms with Crippen LogP contribution in [0.1, 0.15) is 17.7 Å². The summed E-state index contributed by atoms with van der Waals surface area (Å²) in [6.07, 6.45) is 2.65. The van der Waals surface area contributed by atoms with Crippen LogP contribution >= 0.6 is 0 Å². The van der Waals surface area contributed by atoms with E-state index in [2.05, 4.69) is 16.0 Å². The van der Waals surface area contributed by atoms with Gasteiger partial charge in [0.05, 0.1) is 19.4 Å². The number of benzene rings is 1. The maximum atomic E-state index is 12.3. The van der Waals surface area contributed by atoms with Crippen molar-refractivity contribution < 1.29 is 9.47 Å². The fourth-order valence-corrected chi connectivity index (χ4v) is 3.34. The molecule has 1 aliphatic rings. The Labute approximate surface area is 151 Å². The van der Waals surface area contributed by atoms with Crippen molar-refractivity contribution in [1.29, 1.82) is 0 Å². The van der Waals surface area contributed by atoms with Gasteiger partial charge in [0.1, 0.15) is 5.65 Å². The molecule has 6 nitrogen and oxygen atoms in total. The highest BCUT2D eigenvalue weighted by Gasteiger charge is 2.18. The van der Waals surface area contributed by atoms with Crippen molar-refractivity contribution in [3.63, 3.8) is 0 Å². The van der Waals surface area contributed by atoms with Crippen LogP contribution in [0.15, 0.2) is 53.5 Å². The second kappa shape index (κ2) is 7.17. The van der Waals surface area contributed by atoms with Crippen molar-refractivity contribution in [2.24, 2.45) is 0 Å². The zero-order valence-electron chi connectivity index (χ0n) is 14.7. The zero-order chi connectivity index (χ0) is 17.9. The summed E-state index contributed by atoms with van der Waals surface area (Å²) in [7, 11) is 1.65. The van der Waals surface area contributed by atoms with E-state index < -0.39 is 0 Å². The number of pyridine rings is 1. The van der Waals surface area contributed by atoms with Gasteiger partial charge in [-0.15, -0.1) is 0 Å². The van der Waals surface area contributed by atoms with Gasteiger partial charge >= 0.3 is 0 Å². The van der Waals surface area contributed by atoms with Gasteiger partial charge in [-0.1, -0.05) is 18.2 Å². The Bertz CT molecular complexity index is 983. The Hall–Kier alpha value is -2.86. The van der Waals surface area contributed by atoms with Crippen LogP contribution in [-0.4, -0.2) is 34.5 Å². The van der Waals surface area contributed by atoms with E-state index in [0.717, 1.165) is 42.3 Å². The lowest BCUT2D eigenvalue weighted by Gasteiger charge is -2.26. The lowest BCUT2D eigenvalue weighted by Crippen LogP contribution is -2.29. The molecule has 0 aliphatic carbocycles. The highest BCUT2D eigenvalue weighted by atomic mass is 16.5.